The Labute approximate surface area is 175 Å². The molecule has 1 heterocycles. The van der Waals surface area contributed by atoms with Crippen LogP contribution in [-0.2, 0) is 6.42 Å². The molecule has 0 unspecified atom stereocenters. The number of nitrogens with one attached hydrogen (secondary N) is 1. The summed E-state index contributed by atoms with van der Waals surface area (Å²) in [6.07, 6.45) is 3.73. The third kappa shape index (κ3) is 4.69. The van der Waals surface area contributed by atoms with Gasteiger partial charge in [0.25, 0.3) is 5.91 Å². The van der Waals surface area contributed by atoms with Gasteiger partial charge in [0.15, 0.2) is 0 Å². The molecule has 6 heteroatoms. The summed E-state index contributed by atoms with van der Waals surface area (Å²) < 4.78 is 5.98. The van der Waals surface area contributed by atoms with Crippen LogP contribution >= 0.6 is 11.6 Å². The maximum atomic E-state index is 12.3. The Balaban J connectivity index is 1.75. The summed E-state index contributed by atoms with van der Waals surface area (Å²) in [6.45, 7) is 9.94. The Morgan fingerprint density at radius 2 is 2.03 bits per heavy atom. The summed E-state index contributed by atoms with van der Waals surface area (Å²) in [4.78, 5) is 16.8. The molecule has 0 aromatic heterocycles. The van der Waals surface area contributed by atoms with E-state index in [2.05, 4.69) is 36.8 Å². The average Bonchev–Trinajstić information content (AvgIpc) is 2.95. The van der Waals surface area contributed by atoms with Crippen LogP contribution in [-0.4, -0.2) is 17.7 Å². The highest BCUT2D eigenvalue weighted by atomic mass is 35.5. The number of carbonyl (C=O) groups excluding carboxylic acids is 1. The van der Waals surface area contributed by atoms with Crippen molar-refractivity contribution in [3.05, 3.63) is 82.2 Å². The third-order valence-electron chi connectivity index (χ3n) is 4.60. The fourth-order valence-corrected chi connectivity index (χ4v) is 3.49. The number of fused-ring (bicyclic) bond motifs is 1. The predicted molar refractivity (Wildman–Crippen MR) is 118 cm³/mol. The summed E-state index contributed by atoms with van der Waals surface area (Å²) >= 11 is 6.06. The first-order valence-corrected chi connectivity index (χ1v) is 9.61. The molecule has 0 bridgehead atoms. The van der Waals surface area contributed by atoms with Crippen LogP contribution in [0, 0.1) is 6.92 Å². The molecule has 150 valence electrons. The molecule has 0 aliphatic carbocycles. The van der Waals surface area contributed by atoms with E-state index < -0.39 is 0 Å². The SMILES string of the molecule is C=C(/C=N\C(=C/N)c1cc2c(cc1C)OC(C)(C)C2)NC(=O)c1ccccc1Cl. The van der Waals surface area contributed by atoms with Crippen molar-refractivity contribution < 1.29 is 9.53 Å². The minimum Gasteiger partial charge on any atom is -0.487 e. The van der Waals surface area contributed by atoms with Crippen LogP contribution < -0.4 is 15.8 Å². The number of ether oxygens (including phenoxy) is 1. The minimum atomic E-state index is -0.349. The highest BCUT2D eigenvalue weighted by molar-refractivity contribution is 6.33. The van der Waals surface area contributed by atoms with E-state index in [0.717, 1.165) is 28.9 Å². The number of hydrogen-bond acceptors (Lipinski definition) is 4. The van der Waals surface area contributed by atoms with Gasteiger partial charge < -0.3 is 15.8 Å². The molecule has 1 aliphatic rings. The second kappa shape index (κ2) is 8.13. The van der Waals surface area contributed by atoms with Crippen LogP contribution in [0.15, 0.2) is 59.9 Å². The second-order valence-electron chi connectivity index (χ2n) is 7.58. The van der Waals surface area contributed by atoms with Crippen molar-refractivity contribution in [2.75, 3.05) is 0 Å². The van der Waals surface area contributed by atoms with Gasteiger partial charge in [0.2, 0.25) is 0 Å². The molecule has 29 heavy (non-hydrogen) atoms. The van der Waals surface area contributed by atoms with Gasteiger partial charge in [-0.15, -0.1) is 0 Å². The zero-order valence-electron chi connectivity index (χ0n) is 16.8. The number of nitrogens with zero attached hydrogens (tertiary/aromatic N) is 1. The van der Waals surface area contributed by atoms with Crippen LogP contribution in [0.25, 0.3) is 5.70 Å². The van der Waals surface area contributed by atoms with Gasteiger partial charge in [-0.3, -0.25) is 9.79 Å². The standard InChI is InChI=1S/C23H24ClN3O2/c1-14-9-21-16(11-23(3,4)29-21)10-18(14)20(12-25)26-13-15(2)27-22(28)17-7-5-6-8-19(17)24/h5-10,12-13H,2,11,25H2,1,3-4H3,(H,27,28)/b20-12-,26-13-. The van der Waals surface area contributed by atoms with Crippen LogP contribution in [0.4, 0.5) is 0 Å². The number of nitrogens with two attached hydrogens (primary N) is 1. The second-order valence-corrected chi connectivity index (χ2v) is 7.99. The van der Waals surface area contributed by atoms with Crippen LogP contribution in [0.3, 0.4) is 0 Å². The lowest BCUT2D eigenvalue weighted by Crippen LogP contribution is -2.24. The Morgan fingerprint density at radius 3 is 2.72 bits per heavy atom. The van der Waals surface area contributed by atoms with Crippen LogP contribution in [0.1, 0.15) is 40.9 Å². The van der Waals surface area contributed by atoms with E-state index >= 15 is 0 Å². The fourth-order valence-electron chi connectivity index (χ4n) is 3.27. The molecule has 1 amide bonds. The molecule has 0 fully saturated rings. The lowest BCUT2D eigenvalue weighted by molar-refractivity contribution is 0.0968. The number of carbonyl (C=O) groups is 1. The van der Waals surface area contributed by atoms with E-state index in [1.807, 2.05) is 13.0 Å². The number of amides is 1. The van der Waals surface area contributed by atoms with Crippen molar-refractivity contribution in [1.29, 1.82) is 0 Å². The molecule has 3 rings (SSSR count). The van der Waals surface area contributed by atoms with Gasteiger partial charge in [0.05, 0.1) is 28.2 Å². The maximum absolute atomic E-state index is 12.3. The monoisotopic (exact) mass is 409 g/mol. The molecule has 0 saturated heterocycles. The van der Waals surface area contributed by atoms with Gasteiger partial charge in [-0.2, -0.15) is 0 Å². The number of aryl methyl sites for hydroxylation is 1. The maximum Gasteiger partial charge on any atom is 0.257 e. The fraction of sp³-hybridized carbons (Fsp3) is 0.217. The summed E-state index contributed by atoms with van der Waals surface area (Å²) in [7, 11) is 0. The highest BCUT2D eigenvalue weighted by Gasteiger charge is 2.30. The molecule has 2 aromatic rings. The summed E-state index contributed by atoms with van der Waals surface area (Å²) in [5.41, 5.74) is 9.93. The summed E-state index contributed by atoms with van der Waals surface area (Å²) in [5.74, 6) is 0.548. The Bertz CT molecular complexity index is 1040. The number of halogens is 1. The van der Waals surface area contributed by atoms with E-state index in [4.69, 9.17) is 22.1 Å². The molecule has 0 radical (unpaired) electrons. The number of rotatable bonds is 5. The van der Waals surface area contributed by atoms with Crippen molar-refractivity contribution in [2.24, 2.45) is 10.7 Å². The Kier molecular flexibility index (Phi) is 5.80. The van der Waals surface area contributed by atoms with Crippen molar-refractivity contribution in [2.45, 2.75) is 32.8 Å². The topological polar surface area (TPSA) is 76.7 Å². The number of allylic oxidation sites excluding steroid dienone is 1. The highest BCUT2D eigenvalue weighted by Crippen LogP contribution is 2.38. The number of aliphatic imine (C=N–C) groups is 1. The van der Waals surface area contributed by atoms with Gasteiger partial charge in [-0.25, -0.2) is 0 Å². The van der Waals surface area contributed by atoms with Gasteiger partial charge in [-0.1, -0.05) is 30.3 Å². The minimum absolute atomic E-state index is 0.222. The molecule has 1 aliphatic heterocycles. The van der Waals surface area contributed by atoms with Crippen molar-refractivity contribution in [3.8, 4) is 5.75 Å². The van der Waals surface area contributed by atoms with Crippen LogP contribution in [0.5, 0.6) is 5.75 Å². The Hall–Kier alpha value is -3.05. The summed E-state index contributed by atoms with van der Waals surface area (Å²) in [6, 6.07) is 10.9. The van der Waals surface area contributed by atoms with E-state index in [1.54, 1.807) is 24.3 Å². The van der Waals surface area contributed by atoms with E-state index in [1.165, 1.54) is 12.4 Å². The summed E-state index contributed by atoms with van der Waals surface area (Å²) in [5, 5.41) is 3.05. The zero-order valence-corrected chi connectivity index (χ0v) is 17.5. The normalized spacial score (nSPS) is 15.1. The third-order valence-corrected chi connectivity index (χ3v) is 4.93. The molecular weight excluding hydrogens is 386 g/mol. The van der Waals surface area contributed by atoms with Gasteiger partial charge in [-0.05, 0) is 56.2 Å². The zero-order chi connectivity index (χ0) is 21.2. The lowest BCUT2D eigenvalue weighted by Gasteiger charge is -2.16. The average molecular weight is 410 g/mol. The van der Waals surface area contributed by atoms with E-state index in [-0.39, 0.29) is 11.5 Å². The van der Waals surface area contributed by atoms with Gasteiger partial charge in [0.1, 0.15) is 11.4 Å². The van der Waals surface area contributed by atoms with E-state index in [9.17, 15) is 4.79 Å². The first-order chi connectivity index (χ1) is 13.7. The largest absolute Gasteiger partial charge is 0.487 e. The lowest BCUT2D eigenvalue weighted by atomic mass is 9.97. The van der Waals surface area contributed by atoms with Gasteiger partial charge in [0, 0.05) is 18.2 Å². The quantitative estimate of drug-likeness (QED) is 0.706. The molecule has 3 N–H and O–H groups in total. The Morgan fingerprint density at radius 1 is 1.31 bits per heavy atom. The predicted octanol–water partition coefficient (Wildman–Crippen LogP) is 4.63. The molecule has 0 saturated carbocycles. The molecule has 0 spiro atoms. The molecule has 0 atom stereocenters. The van der Waals surface area contributed by atoms with Crippen LogP contribution in [0.2, 0.25) is 5.02 Å². The first kappa shape index (κ1) is 20.7. The smallest absolute Gasteiger partial charge is 0.257 e. The van der Waals surface area contributed by atoms with Gasteiger partial charge >= 0.3 is 0 Å². The van der Waals surface area contributed by atoms with E-state index in [0.29, 0.717) is 22.0 Å². The number of benzene rings is 2. The number of hydrogen-bond donors (Lipinski definition) is 2. The molecule has 5 nitrogen and oxygen atoms in total. The van der Waals surface area contributed by atoms with Crippen molar-refractivity contribution >= 4 is 29.4 Å². The van der Waals surface area contributed by atoms with Crippen molar-refractivity contribution in [3.63, 3.8) is 0 Å². The van der Waals surface area contributed by atoms with Crippen molar-refractivity contribution in [1.82, 2.24) is 5.32 Å². The molecule has 2 aromatic carbocycles. The first-order valence-electron chi connectivity index (χ1n) is 9.24. The molecular formula is C23H24ClN3O2.